The molecule has 1 aromatic carbocycles. The van der Waals surface area contributed by atoms with Gasteiger partial charge >= 0.3 is 0 Å². The van der Waals surface area contributed by atoms with E-state index in [-0.39, 0.29) is 0 Å². The van der Waals surface area contributed by atoms with Crippen molar-refractivity contribution in [1.82, 2.24) is 0 Å². The van der Waals surface area contributed by atoms with E-state index in [4.69, 9.17) is 4.43 Å². The maximum absolute atomic E-state index is 6.05. The first-order valence-corrected chi connectivity index (χ1v) is 8.35. The number of hydrogen-bond donors (Lipinski definition) is 0. The van der Waals surface area contributed by atoms with E-state index in [0.717, 1.165) is 11.7 Å². The van der Waals surface area contributed by atoms with Crippen LogP contribution in [0.25, 0.3) is 0 Å². The van der Waals surface area contributed by atoms with Crippen LogP contribution in [0.4, 0.5) is 0 Å². The predicted octanol–water partition coefficient (Wildman–Crippen LogP) is 3.93. The minimum absolute atomic E-state index is 0.723. The summed E-state index contributed by atoms with van der Waals surface area (Å²) in [6.45, 7) is 9.06. The Morgan fingerprint density at radius 3 is 2.21 bits per heavy atom. The van der Waals surface area contributed by atoms with E-state index in [1.807, 2.05) is 30.3 Å². The molecule has 78 valence electrons. The fourth-order valence-electron chi connectivity index (χ4n) is 1.83. The van der Waals surface area contributed by atoms with Crippen molar-refractivity contribution in [3.8, 4) is 5.75 Å². The van der Waals surface area contributed by atoms with Crippen molar-refractivity contribution in [1.29, 1.82) is 0 Å². The third-order valence-electron chi connectivity index (χ3n) is 2.04. The van der Waals surface area contributed by atoms with Crippen LogP contribution < -0.4 is 4.43 Å². The summed E-state index contributed by atoms with van der Waals surface area (Å²) in [6.07, 6.45) is 0. The van der Waals surface area contributed by atoms with Gasteiger partial charge in [-0.2, -0.15) is 0 Å². The van der Waals surface area contributed by atoms with E-state index in [0.29, 0.717) is 0 Å². The average molecular weight is 208 g/mol. The van der Waals surface area contributed by atoms with Gasteiger partial charge in [-0.1, -0.05) is 32.0 Å². The Kier molecular flexibility index (Phi) is 3.75. The highest BCUT2D eigenvalue weighted by Gasteiger charge is 2.25. The van der Waals surface area contributed by atoms with Crippen molar-refractivity contribution in [3.05, 3.63) is 30.3 Å². The Morgan fingerprint density at radius 1 is 1.14 bits per heavy atom. The minimum atomic E-state index is -1.51. The van der Waals surface area contributed by atoms with E-state index < -0.39 is 8.32 Å². The van der Waals surface area contributed by atoms with Crippen LogP contribution >= 0.6 is 0 Å². The van der Waals surface area contributed by atoms with Gasteiger partial charge in [0.2, 0.25) is 8.32 Å². The quantitative estimate of drug-likeness (QED) is 0.681. The molecule has 14 heavy (non-hydrogen) atoms. The lowest BCUT2D eigenvalue weighted by atomic mass is 10.3. The fraction of sp³-hybridized carbons (Fsp3) is 0.500. The molecule has 1 aromatic rings. The Hall–Kier alpha value is -0.763. The number of rotatable bonds is 4. The van der Waals surface area contributed by atoms with Crippen LogP contribution in [0, 0.1) is 5.92 Å². The summed E-state index contributed by atoms with van der Waals surface area (Å²) in [5, 5.41) is 0. The van der Waals surface area contributed by atoms with Gasteiger partial charge in [0.05, 0.1) is 0 Å². The number of benzene rings is 1. The molecule has 0 radical (unpaired) electrons. The van der Waals surface area contributed by atoms with Crippen molar-refractivity contribution in [3.63, 3.8) is 0 Å². The summed E-state index contributed by atoms with van der Waals surface area (Å²) in [6, 6.07) is 11.3. The molecule has 0 aliphatic carbocycles. The van der Waals surface area contributed by atoms with Crippen LogP contribution in [-0.4, -0.2) is 8.32 Å². The molecule has 1 rings (SSSR count). The van der Waals surface area contributed by atoms with Gasteiger partial charge in [0.15, 0.2) is 0 Å². The molecule has 0 bridgehead atoms. The first kappa shape index (κ1) is 11.3. The molecular weight excluding hydrogens is 188 g/mol. The number of hydrogen-bond acceptors (Lipinski definition) is 1. The molecule has 0 saturated carbocycles. The van der Waals surface area contributed by atoms with Gasteiger partial charge in [-0.3, -0.25) is 0 Å². The summed E-state index contributed by atoms with van der Waals surface area (Å²) in [5.74, 6) is 1.74. The predicted molar refractivity (Wildman–Crippen MR) is 64.2 cm³/mol. The summed E-state index contributed by atoms with van der Waals surface area (Å²) in [7, 11) is -1.51. The first-order chi connectivity index (χ1) is 6.49. The van der Waals surface area contributed by atoms with Crippen LogP contribution in [0.15, 0.2) is 30.3 Å². The highest BCUT2D eigenvalue weighted by atomic mass is 28.4. The highest BCUT2D eigenvalue weighted by Crippen LogP contribution is 2.21. The zero-order chi connectivity index (χ0) is 10.6. The van der Waals surface area contributed by atoms with E-state index in [2.05, 4.69) is 26.9 Å². The Morgan fingerprint density at radius 2 is 1.71 bits per heavy atom. The van der Waals surface area contributed by atoms with Crippen molar-refractivity contribution < 1.29 is 4.43 Å². The average Bonchev–Trinajstić information content (AvgIpc) is 2.02. The van der Waals surface area contributed by atoms with Gasteiger partial charge in [0.25, 0.3) is 0 Å². The lowest BCUT2D eigenvalue weighted by Gasteiger charge is -2.25. The summed E-state index contributed by atoms with van der Waals surface area (Å²) < 4.78 is 6.05. The monoisotopic (exact) mass is 208 g/mol. The lowest BCUT2D eigenvalue weighted by Crippen LogP contribution is -2.35. The molecule has 0 atom stereocenters. The zero-order valence-electron chi connectivity index (χ0n) is 9.58. The highest BCUT2D eigenvalue weighted by molar-refractivity contribution is 6.71. The van der Waals surface area contributed by atoms with Crippen LogP contribution in [0.1, 0.15) is 13.8 Å². The molecule has 0 aromatic heterocycles. The van der Waals surface area contributed by atoms with E-state index >= 15 is 0 Å². The van der Waals surface area contributed by atoms with Gasteiger partial charge in [-0.05, 0) is 37.2 Å². The lowest BCUT2D eigenvalue weighted by molar-refractivity contribution is 0.528. The smallest absolute Gasteiger partial charge is 0.245 e. The van der Waals surface area contributed by atoms with E-state index in [9.17, 15) is 0 Å². The van der Waals surface area contributed by atoms with Gasteiger partial charge in [0, 0.05) is 0 Å². The van der Waals surface area contributed by atoms with E-state index in [1.165, 1.54) is 6.04 Å². The molecule has 0 saturated heterocycles. The normalized spacial score (nSPS) is 11.8. The molecule has 0 amide bonds. The molecule has 0 unspecified atom stereocenters. The summed E-state index contributed by atoms with van der Waals surface area (Å²) >= 11 is 0. The third kappa shape index (κ3) is 3.96. The molecule has 0 heterocycles. The summed E-state index contributed by atoms with van der Waals surface area (Å²) in [4.78, 5) is 0. The third-order valence-corrected chi connectivity index (χ3v) is 4.63. The molecule has 2 heteroatoms. The van der Waals surface area contributed by atoms with Crippen LogP contribution in [0.3, 0.4) is 0 Å². The van der Waals surface area contributed by atoms with E-state index in [1.54, 1.807) is 0 Å². The van der Waals surface area contributed by atoms with Crippen molar-refractivity contribution in [2.45, 2.75) is 33.0 Å². The summed E-state index contributed by atoms with van der Waals surface area (Å²) in [5.41, 5.74) is 0. The fourth-order valence-corrected chi connectivity index (χ4v) is 4.66. The van der Waals surface area contributed by atoms with Crippen molar-refractivity contribution in [2.75, 3.05) is 0 Å². The van der Waals surface area contributed by atoms with Gasteiger partial charge in [-0.25, -0.2) is 0 Å². The Bertz CT molecular complexity index is 267. The van der Waals surface area contributed by atoms with Crippen LogP contribution in [0.5, 0.6) is 5.75 Å². The Labute approximate surface area is 88.2 Å². The SMILES string of the molecule is CC(C)C[Si](C)(C)Oc1ccccc1. The van der Waals surface area contributed by atoms with Crippen molar-refractivity contribution >= 4 is 8.32 Å². The standard InChI is InChI=1S/C12H20OSi/c1-11(2)10-14(3,4)13-12-8-6-5-7-9-12/h5-9,11H,10H2,1-4H3. The maximum Gasteiger partial charge on any atom is 0.245 e. The first-order valence-electron chi connectivity index (χ1n) is 5.24. The largest absolute Gasteiger partial charge is 0.544 e. The second kappa shape index (κ2) is 4.65. The van der Waals surface area contributed by atoms with Crippen molar-refractivity contribution in [2.24, 2.45) is 5.92 Å². The topological polar surface area (TPSA) is 9.23 Å². The second-order valence-corrected chi connectivity index (χ2v) is 8.90. The molecular formula is C12H20OSi. The Balaban J connectivity index is 2.59. The molecule has 1 nitrogen and oxygen atoms in total. The molecule has 0 aliphatic rings. The van der Waals surface area contributed by atoms with Crippen LogP contribution in [0.2, 0.25) is 19.1 Å². The zero-order valence-corrected chi connectivity index (χ0v) is 10.6. The molecule has 0 aliphatic heterocycles. The molecule has 0 N–H and O–H groups in total. The number of para-hydroxylation sites is 1. The van der Waals surface area contributed by atoms with Gasteiger partial charge in [-0.15, -0.1) is 0 Å². The van der Waals surface area contributed by atoms with Crippen LogP contribution in [-0.2, 0) is 0 Å². The van der Waals surface area contributed by atoms with Gasteiger partial charge in [0.1, 0.15) is 5.75 Å². The molecule has 0 fully saturated rings. The minimum Gasteiger partial charge on any atom is -0.544 e. The molecule has 0 spiro atoms. The van der Waals surface area contributed by atoms with Gasteiger partial charge < -0.3 is 4.43 Å². The maximum atomic E-state index is 6.05. The second-order valence-electron chi connectivity index (χ2n) is 4.77.